The van der Waals surface area contributed by atoms with Crippen molar-refractivity contribution in [1.29, 1.82) is 0 Å². The maximum Gasteiger partial charge on any atom is 0.339 e. The lowest BCUT2D eigenvalue weighted by Crippen LogP contribution is -2.45. The van der Waals surface area contributed by atoms with Gasteiger partial charge in [-0.25, -0.2) is 0 Å². The van der Waals surface area contributed by atoms with Gasteiger partial charge in [0.2, 0.25) is 0 Å². The van der Waals surface area contributed by atoms with Crippen molar-refractivity contribution in [2.75, 3.05) is 13.7 Å². The van der Waals surface area contributed by atoms with Crippen molar-refractivity contribution in [1.82, 2.24) is 4.90 Å². The monoisotopic (exact) mass is 685 g/mol. The molecular weight excluding hydrogens is 650 g/mol. The van der Waals surface area contributed by atoms with Crippen LogP contribution in [0.25, 0.3) is 0 Å². The van der Waals surface area contributed by atoms with Crippen molar-refractivity contribution in [2.24, 2.45) is 10.8 Å². The average Bonchev–Trinajstić information content (AvgIpc) is 2.89. The normalized spacial score (nSPS) is 19.9. The van der Waals surface area contributed by atoms with Gasteiger partial charge in [0.25, 0.3) is 0 Å². The number of carbonyl (C=O) groups is 3. The van der Waals surface area contributed by atoms with Crippen molar-refractivity contribution >= 4 is 43.6 Å². The van der Waals surface area contributed by atoms with Gasteiger partial charge in [-0.2, -0.15) is 8.42 Å². The van der Waals surface area contributed by atoms with Gasteiger partial charge >= 0.3 is 16.1 Å². The number of carbonyl (C=O) groups excluding carboxylic acids is 2. The van der Waals surface area contributed by atoms with Crippen LogP contribution in [0, 0.1) is 17.8 Å². The van der Waals surface area contributed by atoms with Gasteiger partial charge < -0.3 is 18.9 Å². The Morgan fingerprint density at radius 2 is 1.48 bits per heavy atom. The zero-order valence-electron chi connectivity index (χ0n) is 25.6. The first-order valence-electron chi connectivity index (χ1n) is 14.3. The Balaban J connectivity index is 1.70. The van der Waals surface area contributed by atoms with E-state index < -0.39 is 32.8 Å². The molecule has 0 saturated heterocycles. The highest BCUT2D eigenvalue weighted by molar-refractivity contribution is 9.10. The molecule has 5 rings (SSSR count). The van der Waals surface area contributed by atoms with Crippen LogP contribution in [0.3, 0.4) is 0 Å². The zero-order chi connectivity index (χ0) is 32.4. The minimum absolute atomic E-state index is 0.0256. The molecule has 0 radical (unpaired) electrons. The van der Waals surface area contributed by atoms with Gasteiger partial charge in [0, 0.05) is 41.3 Å². The van der Waals surface area contributed by atoms with E-state index in [0.717, 1.165) is 5.56 Å². The standard InChI is InChI=1S/C33H36BrNO8S/c1-18-7-9-20(10-8-18)44(40,41)43-31-21(34)11-19(12-26(31)42-6)28-29-22(13-32(2,3)15-24(29)36)35(17-27(38)39)23-14-33(4,5)16-25(37)30(23)28/h7-12,28H,13-17H2,1-6H3,(H,38,39). The molecule has 234 valence electrons. The van der Waals surface area contributed by atoms with E-state index in [1.165, 1.54) is 19.2 Å². The number of halogens is 1. The van der Waals surface area contributed by atoms with Crippen LogP contribution in [0.15, 0.2) is 68.3 Å². The highest BCUT2D eigenvalue weighted by Crippen LogP contribution is 2.55. The van der Waals surface area contributed by atoms with Gasteiger partial charge in [-0.3, -0.25) is 14.4 Å². The third-order valence-electron chi connectivity index (χ3n) is 8.40. The van der Waals surface area contributed by atoms with Gasteiger partial charge in [0.05, 0.1) is 11.6 Å². The molecule has 3 aliphatic rings. The average molecular weight is 687 g/mol. The maximum absolute atomic E-state index is 13.9. The number of Topliss-reactive ketones (excluding diaryl/α,β-unsaturated/α-hetero) is 2. The second-order valence-electron chi connectivity index (χ2n) is 13.4. The summed E-state index contributed by atoms with van der Waals surface area (Å²) in [6.07, 6.45) is 1.38. The number of carboxylic acids is 1. The SMILES string of the molecule is COc1cc(C2C3=C(CC(C)(C)CC3=O)N(CC(=O)O)C3=C2C(=O)CC(C)(C)C3)cc(Br)c1OS(=O)(=O)c1ccc(C)cc1. The Labute approximate surface area is 266 Å². The number of methoxy groups -OCH3 is 1. The molecule has 1 aliphatic heterocycles. The fraction of sp³-hybridized carbons (Fsp3) is 0.424. The third-order valence-corrected chi connectivity index (χ3v) is 10.2. The molecule has 1 N–H and O–H groups in total. The number of hydrogen-bond acceptors (Lipinski definition) is 8. The van der Waals surface area contributed by atoms with Gasteiger partial charge in [-0.05, 0) is 76.4 Å². The first-order chi connectivity index (χ1) is 20.4. The molecule has 0 atom stereocenters. The minimum atomic E-state index is -4.22. The first-order valence-corrected chi connectivity index (χ1v) is 16.5. The largest absolute Gasteiger partial charge is 0.493 e. The van der Waals surface area contributed by atoms with Crippen molar-refractivity contribution in [3.05, 3.63) is 74.5 Å². The molecule has 0 saturated carbocycles. The number of benzene rings is 2. The summed E-state index contributed by atoms with van der Waals surface area (Å²) in [6.45, 7) is 9.38. The van der Waals surface area contributed by atoms with Crippen LogP contribution in [-0.4, -0.2) is 49.6 Å². The molecule has 2 aromatic rings. The predicted molar refractivity (Wildman–Crippen MR) is 167 cm³/mol. The summed E-state index contributed by atoms with van der Waals surface area (Å²) in [5.41, 5.74) is 2.61. The molecule has 9 nitrogen and oxygen atoms in total. The van der Waals surface area contributed by atoms with E-state index >= 15 is 0 Å². The predicted octanol–water partition coefficient (Wildman–Crippen LogP) is 6.30. The number of hydrogen-bond donors (Lipinski definition) is 1. The number of rotatable bonds is 7. The van der Waals surface area contributed by atoms with Crippen molar-refractivity contribution in [3.8, 4) is 11.5 Å². The molecule has 11 heteroatoms. The topological polar surface area (TPSA) is 127 Å². The smallest absolute Gasteiger partial charge is 0.339 e. The summed E-state index contributed by atoms with van der Waals surface area (Å²) >= 11 is 3.47. The van der Waals surface area contributed by atoms with Crippen molar-refractivity contribution < 1.29 is 36.8 Å². The number of ketones is 2. The van der Waals surface area contributed by atoms with E-state index in [4.69, 9.17) is 8.92 Å². The van der Waals surface area contributed by atoms with Crippen LogP contribution in [0.1, 0.15) is 70.4 Å². The Bertz CT molecular complexity index is 1700. The van der Waals surface area contributed by atoms with Gasteiger partial charge in [-0.1, -0.05) is 45.4 Å². The third kappa shape index (κ3) is 5.96. The van der Waals surface area contributed by atoms with Gasteiger partial charge in [0.1, 0.15) is 11.4 Å². The summed E-state index contributed by atoms with van der Waals surface area (Å²) in [5.74, 6) is -2.14. The molecule has 0 unspecified atom stereocenters. The second kappa shape index (κ2) is 11.2. The number of allylic oxidation sites excluding steroid dienone is 4. The summed E-state index contributed by atoms with van der Waals surface area (Å²) in [5, 5.41) is 9.90. The van der Waals surface area contributed by atoms with Crippen LogP contribution in [0.2, 0.25) is 0 Å². The van der Waals surface area contributed by atoms with E-state index in [0.29, 0.717) is 40.9 Å². The number of aliphatic carboxylic acids is 1. The lowest BCUT2D eigenvalue weighted by Gasteiger charge is -2.48. The molecule has 0 spiro atoms. The molecule has 0 fully saturated rings. The summed E-state index contributed by atoms with van der Waals surface area (Å²) in [4.78, 5) is 41.6. The van der Waals surface area contributed by atoms with E-state index in [9.17, 15) is 27.9 Å². The maximum atomic E-state index is 13.9. The van der Waals surface area contributed by atoms with Crippen LogP contribution in [-0.2, 0) is 24.5 Å². The van der Waals surface area contributed by atoms with Crippen LogP contribution in [0.4, 0.5) is 0 Å². The van der Waals surface area contributed by atoms with Crippen molar-refractivity contribution in [2.45, 2.75) is 71.1 Å². The lowest BCUT2D eigenvalue weighted by molar-refractivity contribution is -0.138. The summed E-state index contributed by atoms with van der Waals surface area (Å²) < 4.78 is 37.8. The van der Waals surface area contributed by atoms with E-state index in [1.54, 1.807) is 29.2 Å². The van der Waals surface area contributed by atoms with Gasteiger partial charge in [0.15, 0.2) is 23.1 Å². The van der Waals surface area contributed by atoms with Crippen molar-refractivity contribution in [3.63, 3.8) is 0 Å². The molecule has 44 heavy (non-hydrogen) atoms. The number of nitrogens with zero attached hydrogens (tertiary/aromatic N) is 1. The zero-order valence-corrected chi connectivity index (χ0v) is 28.0. The highest BCUT2D eigenvalue weighted by atomic mass is 79.9. The Kier molecular flexibility index (Phi) is 8.12. The highest BCUT2D eigenvalue weighted by Gasteiger charge is 2.49. The number of aryl methyl sites for hydroxylation is 1. The Hall–Kier alpha value is -3.44. The van der Waals surface area contributed by atoms with Crippen LogP contribution in [0.5, 0.6) is 11.5 Å². The minimum Gasteiger partial charge on any atom is -0.493 e. The van der Waals surface area contributed by atoms with Gasteiger partial charge in [-0.15, -0.1) is 0 Å². The number of carboxylic acid groups (broad SMARTS) is 1. The molecule has 0 amide bonds. The molecule has 0 bridgehead atoms. The quantitative estimate of drug-likeness (QED) is 0.334. The van der Waals surface area contributed by atoms with Crippen LogP contribution >= 0.6 is 15.9 Å². The molecule has 2 aromatic carbocycles. The second-order valence-corrected chi connectivity index (χ2v) is 15.8. The molecular formula is C33H36BrNO8S. The Morgan fingerprint density at radius 1 is 0.955 bits per heavy atom. The fourth-order valence-corrected chi connectivity index (χ4v) is 8.16. The Morgan fingerprint density at radius 3 is 1.95 bits per heavy atom. The fourth-order valence-electron chi connectivity index (χ4n) is 6.56. The molecule has 2 aliphatic carbocycles. The van der Waals surface area contributed by atoms with E-state index in [2.05, 4.69) is 15.9 Å². The summed E-state index contributed by atoms with van der Waals surface area (Å²) in [6, 6.07) is 9.50. The summed E-state index contributed by atoms with van der Waals surface area (Å²) in [7, 11) is -2.84. The first kappa shape index (κ1) is 32.0. The molecule has 0 aromatic heterocycles. The van der Waals surface area contributed by atoms with E-state index in [1.807, 2.05) is 34.6 Å². The lowest BCUT2D eigenvalue weighted by atomic mass is 9.63. The van der Waals surface area contributed by atoms with Crippen LogP contribution < -0.4 is 8.92 Å². The number of ether oxygens (including phenoxy) is 1. The molecule has 1 heterocycles. The van der Waals surface area contributed by atoms with E-state index in [-0.39, 0.29) is 51.8 Å².